The van der Waals surface area contributed by atoms with Crippen LogP contribution in [0.3, 0.4) is 0 Å². The number of tetrazole rings is 1. The maximum atomic E-state index is 12.1. The molecule has 2 aromatic heterocycles. The number of carbonyl (C=O) groups excluding carboxylic acids is 1. The zero-order valence-electron chi connectivity index (χ0n) is 14.2. The molecular weight excluding hydrogens is 390 g/mol. The molecule has 0 aliphatic rings. The van der Waals surface area contributed by atoms with Gasteiger partial charge in [0.25, 0.3) is 0 Å². The number of nitrogens with zero attached hydrogens (tertiary/aromatic N) is 6. The third-order valence-corrected chi connectivity index (χ3v) is 6.06. The van der Waals surface area contributed by atoms with Crippen LogP contribution in [0.25, 0.3) is 5.69 Å². The molecule has 0 atom stereocenters. The van der Waals surface area contributed by atoms with Crippen molar-refractivity contribution in [1.29, 1.82) is 0 Å². The molecule has 8 nitrogen and oxygen atoms in total. The van der Waals surface area contributed by atoms with E-state index >= 15 is 0 Å². The van der Waals surface area contributed by atoms with Crippen LogP contribution in [-0.2, 0) is 11.2 Å². The van der Waals surface area contributed by atoms with Crippen LogP contribution in [0.4, 0.5) is 5.13 Å². The van der Waals surface area contributed by atoms with Crippen molar-refractivity contribution >= 4 is 45.9 Å². The van der Waals surface area contributed by atoms with Crippen LogP contribution in [0.1, 0.15) is 19.4 Å². The number of carbonyl (C=O) groups is 1. The number of nitrogens with one attached hydrogen (secondary N) is 1. The van der Waals surface area contributed by atoms with Crippen LogP contribution in [0.15, 0.2) is 33.8 Å². The summed E-state index contributed by atoms with van der Waals surface area (Å²) in [5.74, 6) is 0.930. The number of benzene rings is 1. The van der Waals surface area contributed by atoms with Gasteiger partial charge in [-0.25, -0.2) is 0 Å². The van der Waals surface area contributed by atoms with E-state index < -0.39 is 0 Å². The van der Waals surface area contributed by atoms with Gasteiger partial charge in [0.2, 0.25) is 16.2 Å². The van der Waals surface area contributed by atoms with Gasteiger partial charge in [-0.3, -0.25) is 10.1 Å². The van der Waals surface area contributed by atoms with E-state index in [2.05, 4.69) is 38.0 Å². The smallest absolute Gasteiger partial charge is 0.236 e. The molecule has 0 spiro atoms. The van der Waals surface area contributed by atoms with Gasteiger partial charge in [0.1, 0.15) is 0 Å². The lowest BCUT2D eigenvalue weighted by molar-refractivity contribution is -0.113. The average Bonchev–Trinajstić information content (AvgIpc) is 3.30. The van der Waals surface area contributed by atoms with E-state index in [4.69, 9.17) is 0 Å². The summed E-state index contributed by atoms with van der Waals surface area (Å²) in [6.45, 7) is 4.15. The maximum Gasteiger partial charge on any atom is 0.236 e. The molecule has 3 aromatic rings. The van der Waals surface area contributed by atoms with Gasteiger partial charge in [0, 0.05) is 0 Å². The summed E-state index contributed by atoms with van der Waals surface area (Å²) >= 11 is 4.23. The Morgan fingerprint density at radius 1 is 1.15 bits per heavy atom. The molecule has 26 heavy (non-hydrogen) atoms. The molecule has 0 saturated heterocycles. The molecule has 3 rings (SSSR count). The zero-order chi connectivity index (χ0) is 18.4. The molecule has 0 radical (unpaired) electrons. The van der Waals surface area contributed by atoms with Gasteiger partial charge in [-0.05, 0) is 40.3 Å². The molecule has 0 fully saturated rings. The Hall–Kier alpha value is -1.98. The van der Waals surface area contributed by atoms with E-state index in [0.717, 1.165) is 22.2 Å². The molecule has 136 valence electrons. The van der Waals surface area contributed by atoms with E-state index in [1.54, 1.807) is 16.4 Å². The van der Waals surface area contributed by atoms with Crippen LogP contribution in [-0.4, -0.2) is 47.8 Å². The third-order valence-electron chi connectivity index (χ3n) is 3.28. The molecule has 0 unspecified atom stereocenters. The highest BCUT2D eigenvalue weighted by atomic mass is 32.2. The second-order valence-electron chi connectivity index (χ2n) is 5.04. The van der Waals surface area contributed by atoms with Gasteiger partial charge in [0.05, 0.1) is 11.4 Å². The van der Waals surface area contributed by atoms with Crippen molar-refractivity contribution in [2.24, 2.45) is 0 Å². The Labute approximate surface area is 163 Å². The minimum atomic E-state index is -0.171. The summed E-state index contributed by atoms with van der Waals surface area (Å²) < 4.78 is 2.47. The Morgan fingerprint density at radius 3 is 2.69 bits per heavy atom. The number of anilines is 1. The van der Waals surface area contributed by atoms with E-state index in [1.165, 1.54) is 28.7 Å². The van der Waals surface area contributed by atoms with E-state index in [0.29, 0.717) is 10.3 Å². The molecule has 0 aliphatic carbocycles. The first-order valence-corrected chi connectivity index (χ1v) is 10.7. The molecule has 1 amide bonds. The van der Waals surface area contributed by atoms with Crippen LogP contribution in [0.5, 0.6) is 0 Å². The summed E-state index contributed by atoms with van der Waals surface area (Å²) in [6, 6.07) is 8.01. The van der Waals surface area contributed by atoms with E-state index in [1.807, 2.05) is 31.2 Å². The lowest BCUT2D eigenvalue weighted by atomic mass is 10.1. The Morgan fingerprint density at radius 2 is 1.96 bits per heavy atom. The molecule has 0 aliphatic heterocycles. The van der Waals surface area contributed by atoms with Crippen molar-refractivity contribution in [2.75, 3.05) is 16.8 Å². The molecule has 0 bridgehead atoms. The highest BCUT2D eigenvalue weighted by Crippen LogP contribution is 2.25. The second kappa shape index (κ2) is 9.10. The number of hydrogen-bond donors (Lipinski definition) is 1. The van der Waals surface area contributed by atoms with Crippen LogP contribution >= 0.6 is 34.9 Å². The highest BCUT2D eigenvalue weighted by molar-refractivity contribution is 8.01. The molecule has 11 heteroatoms. The Balaban J connectivity index is 1.59. The van der Waals surface area contributed by atoms with Gasteiger partial charge in [-0.15, -0.1) is 15.3 Å². The largest absolute Gasteiger partial charge is 0.300 e. The lowest BCUT2D eigenvalue weighted by Crippen LogP contribution is -2.14. The van der Waals surface area contributed by atoms with Crippen molar-refractivity contribution in [3.63, 3.8) is 0 Å². The highest BCUT2D eigenvalue weighted by Gasteiger charge is 2.13. The standard InChI is InChI=1S/C15H17N7OS3/c1-3-10-5-7-11(8-6-10)22-14(18-20-21-22)25-9-12(23)16-13-17-19-15(26-13)24-4-2/h5-8H,3-4,9H2,1-2H3,(H,16,17,23). The van der Waals surface area contributed by atoms with Crippen LogP contribution in [0.2, 0.25) is 0 Å². The SMILES string of the molecule is CCSc1nnc(NC(=O)CSc2nnnn2-c2ccc(CC)cc2)s1. The minimum absolute atomic E-state index is 0.171. The molecule has 1 N–H and O–H groups in total. The van der Waals surface area contributed by atoms with Gasteiger partial charge in [0.15, 0.2) is 4.34 Å². The summed E-state index contributed by atoms with van der Waals surface area (Å²) in [5, 5.41) is 23.5. The number of thioether (sulfide) groups is 2. The van der Waals surface area contributed by atoms with Crippen molar-refractivity contribution in [3.8, 4) is 5.69 Å². The van der Waals surface area contributed by atoms with Gasteiger partial charge >= 0.3 is 0 Å². The van der Waals surface area contributed by atoms with E-state index in [9.17, 15) is 4.79 Å². The topological polar surface area (TPSA) is 98.5 Å². The lowest BCUT2D eigenvalue weighted by Gasteiger charge is -2.05. The van der Waals surface area contributed by atoms with Crippen molar-refractivity contribution in [1.82, 2.24) is 30.4 Å². The fraction of sp³-hybridized carbons (Fsp3) is 0.333. The monoisotopic (exact) mass is 407 g/mol. The predicted octanol–water partition coefficient (Wildman–Crippen LogP) is 2.92. The first-order valence-electron chi connectivity index (χ1n) is 7.96. The fourth-order valence-electron chi connectivity index (χ4n) is 2.03. The van der Waals surface area contributed by atoms with Crippen molar-refractivity contribution in [2.45, 2.75) is 29.8 Å². The summed E-state index contributed by atoms with van der Waals surface area (Å²) in [6.07, 6.45) is 0.974. The van der Waals surface area contributed by atoms with E-state index in [-0.39, 0.29) is 11.7 Å². The Kier molecular flexibility index (Phi) is 6.58. The second-order valence-corrected chi connectivity index (χ2v) is 8.47. The van der Waals surface area contributed by atoms with Gasteiger partial charge < -0.3 is 0 Å². The maximum absolute atomic E-state index is 12.1. The van der Waals surface area contributed by atoms with Gasteiger partial charge in [-0.1, -0.05) is 60.8 Å². The molecule has 1 aromatic carbocycles. The summed E-state index contributed by atoms with van der Waals surface area (Å²) in [5.41, 5.74) is 2.11. The normalized spacial score (nSPS) is 10.8. The molecule has 2 heterocycles. The number of aryl methyl sites for hydroxylation is 1. The van der Waals surface area contributed by atoms with Crippen LogP contribution < -0.4 is 5.32 Å². The number of hydrogen-bond acceptors (Lipinski definition) is 9. The fourth-order valence-corrected chi connectivity index (χ4v) is 4.39. The Bertz CT molecular complexity index is 862. The summed E-state index contributed by atoms with van der Waals surface area (Å²) in [7, 11) is 0. The van der Waals surface area contributed by atoms with Crippen molar-refractivity contribution in [3.05, 3.63) is 29.8 Å². The van der Waals surface area contributed by atoms with Crippen molar-refractivity contribution < 1.29 is 4.79 Å². The molecule has 0 saturated carbocycles. The zero-order valence-corrected chi connectivity index (χ0v) is 16.7. The first kappa shape index (κ1) is 18.8. The average molecular weight is 408 g/mol. The third kappa shape index (κ3) is 4.80. The molecular formula is C15H17N7OS3. The summed E-state index contributed by atoms with van der Waals surface area (Å²) in [4.78, 5) is 12.1. The number of amides is 1. The predicted molar refractivity (Wildman–Crippen MR) is 104 cm³/mol. The quantitative estimate of drug-likeness (QED) is 0.449. The van der Waals surface area contributed by atoms with Crippen LogP contribution in [0, 0.1) is 0 Å². The van der Waals surface area contributed by atoms with Gasteiger partial charge in [-0.2, -0.15) is 4.68 Å². The number of rotatable bonds is 8. The minimum Gasteiger partial charge on any atom is -0.300 e. The number of aromatic nitrogens is 6. The first-order chi connectivity index (χ1) is 12.7.